The van der Waals surface area contributed by atoms with Gasteiger partial charge in [0.15, 0.2) is 0 Å². The summed E-state index contributed by atoms with van der Waals surface area (Å²) in [6.45, 7) is 2.06. The van der Waals surface area contributed by atoms with Crippen LogP contribution in [0, 0.1) is 0 Å². The Hall–Kier alpha value is -0.950. The van der Waals surface area contributed by atoms with E-state index in [1.165, 1.54) is 22.7 Å². The highest BCUT2D eigenvalue weighted by Crippen LogP contribution is 2.32. The zero-order valence-corrected chi connectivity index (χ0v) is 13.3. The molecule has 0 fully saturated rings. The van der Waals surface area contributed by atoms with Crippen molar-refractivity contribution in [2.45, 2.75) is 25.8 Å². The van der Waals surface area contributed by atoms with Crippen LogP contribution in [0.5, 0.6) is 0 Å². The van der Waals surface area contributed by atoms with E-state index in [2.05, 4.69) is 10.3 Å². The molecular weight excluding hydrogens is 316 g/mol. The van der Waals surface area contributed by atoms with E-state index in [0.717, 1.165) is 16.3 Å². The predicted octanol–water partition coefficient (Wildman–Crippen LogP) is 3.42. The quantitative estimate of drug-likeness (QED) is 0.853. The van der Waals surface area contributed by atoms with E-state index in [1.54, 1.807) is 5.38 Å². The van der Waals surface area contributed by atoms with Crippen LogP contribution >= 0.6 is 34.3 Å². The number of halogens is 1. The first-order valence-corrected chi connectivity index (χ1v) is 8.30. The molecule has 2 heterocycles. The largest absolute Gasteiger partial charge is 0.396 e. The number of aliphatic hydroxyl groups excluding tert-OH is 1. The molecule has 0 aliphatic heterocycles. The van der Waals surface area contributed by atoms with Crippen molar-refractivity contribution in [1.29, 1.82) is 0 Å². The van der Waals surface area contributed by atoms with Gasteiger partial charge >= 0.3 is 0 Å². The van der Waals surface area contributed by atoms with Crippen molar-refractivity contribution in [3.05, 3.63) is 27.5 Å². The van der Waals surface area contributed by atoms with Gasteiger partial charge in [-0.2, -0.15) is 0 Å². The molecule has 2 aromatic rings. The Balaban J connectivity index is 1.99. The molecule has 2 rings (SSSR count). The first-order valence-electron chi connectivity index (χ1n) is 6.23. The number of amides is 1. The van der Waals surface area contributed by atoms with Gasteiger partial charge in [0.2, 0.25) is 0 Å². The van der Waals surface area contributed by atoms with Crippen LogP contribution < -0.4 is 5.32 Å². The zero-order valence-electron chi connectivity index (χ0n) is 10.9. The van der Waals surface area contributed by atoms with Crippen LogP contribution in [0.1, 0.15) is 30.3 Å². The molecule has 7 heteroatoms. The molecule has 1 amide bonds. The number of hydrogen-bond acceptors (Lipinski definition) is 5. The van der Waals surface area contributed by atoms with Crippen molar-refractivity contribution >= 4 is 40.2 Å². The average molecular weight is 331 g/mol. The van der Waals surface area contributed by atoms with E-state index < -0.39 is 0 Å². The lowest BCUT2D eigenvalue weighted by atomic mass is 10.2. The Labute approximate surface area is 130 Å². The number of thiazole rings is 1. The molecule has 0 bridgehead atoms. The Bertz CT molecular complexity index is 582. The standard InChI is InChI=1S/C13H15ClN2O2S2/c1-8(3-2-6-17)15-12(18)9-7-19-13(16-9)10-4-5-11(14)20-10/h4-5,7-8,17H,2-3,6H2,1H3,(H,15,18). The van der Waals surface area contributed by atoms with Gasteiger partial charge in [-0.3, -0.25) is 4.79 Å². The molecular formula is C13H15ClN2O2S2. The summed E-state index contributed by atoms with van der Waals surface area (Å²) in [5.74, 6) is -0.180. The minimum atomic E-state index is -0.180. The summed E-state index contributed by atoms with van der Waals surface area (Å²) in [4.78, 5) is 17.3. The summed E-state index contributed by atoms with van der Waals surface area (Å²) in [5.41, 5.74) is 0.422. The van der Waals surface area contributed by atoms with Crippen molar-refractivity contribution < 1.29 is 9.90 Å². The van der Waals surface area contributed by atoms with Crippen molar-refractivity contribution in [3.8, 4) is 9.88 Å². The lowest BCUT2D eigenvalue weighted by Gasteiger charge is -2.11. The summed E-state index contributed by atoms with van der Waals surface area (Å²) in [6.07, 6.45) is 1.43. The summed E-state index contributed by atoms with van der Waals surface area (Å²) >= 11 is 8.77. The number of aromatic nitrogens is 1. The molecule has 0 radical (unpaired) electrons. The molecule has 4 nitrogen and oxygen atoms in total. The molecule has 2 aromatic heterocycles. The fourth-order valence-corrected chi connectivity index (χ4v) is 3.60. The van der Waals surface area contributed by atoms with Crippen molar-refractivity contribution in [3.63, 3.8) is 0 Å². The van der Waals surface area contributed by atoms with Gasteiger partial charge in [-0.15, -0.1) is 22.7 Å². The smallest absolute Gasteiger partial charge is 0.270 e. The minimum absolute atomic E-state index is 0.0241. The summed E-state index contributed by atoms with van der Waals surface area (Å²) in [6, 6.07) is 3.74. The third-order valence-electron chi connectivity index (χ3n) is 2.69. The molecule has 0 aliphatic carbocycles. The highest BCUT2D eigenvalue weighted by Gasteiger charge is 2.14. The van der Waals surface area contributed by atoms with E-state index in [1.807, 2.05) is 19.1 Å². The molecule has 1 atom stereocenters. The monoisotopic (exact) mass is 330 g/mol. The number of rotatable bonds is 6. The van der Waals surface area contributed by atoms with Crippen molar-refractivity contribution in [2.75, 3.05) is 6.61 Å². The Morgan fingerprint density at radius 2 is 2.35 bits per heavy atom. The van der Waals surface area contributed by atoms with E-state index >= 15 is 0 Å². The van der Waals surface area contributed by atoms with E-state index in [-0.39, 0.29) is 18.6 Å². The van der Waals surface area contributed by atoms with Gasteiger partial charge in [0.1, 0.15) is 10.7 Å². The topological polar surface area (TPSA) is 62.2 Å². The van der Waals surface area contributed by atoms with Crippen LogP contribution in [0.2, 0.25) is 4.34 Å². The number of carbonyl (C=O) groups is 1. The van der Waals surface area contributed by atoms with Gasteiger partial charge in [-0.1, -0.05) is 11.6 Å². The Kier molecular flexibility index (Phi) is 5.54. The first kappa shape index (κ1) is 15.4. The maximum absolute atomic E-state index is 12.0. The lowest BCUT2D eigenvalue weighted by Crippen LogP contribution is -2.32. The van der Waals surface area contributed by atoms with E-state index in [0.29, 0.717) is 16.5 Å². The predicted molar refractivity (Wildman–Crippen MR) is 83.7 cm³/mol. The maximum atomic E-state index is 12.0. The Morgan fingerprint density at radius 3 is 3.00 bits per heavy atom. The second-order valence-electron chi connectivity index (χ2n) is 4.38. The number of hydrogen-bond donors (Lipinski definition) is 2. The average Bonchev–Trinajstić information content (AvgIpc) is 3.04. The third kappa shape index (κ3) is 4.02. The third-order valence-corrected chi connectivity index (χ3v) is 4.94. The normalized spacial score (nSPS) is 12.3. The molecule has 0 aliphatic rings. The number of thiophene rings is 1. The van der Waals surface area contributed by atoms with Gasteiger partial charge < -0.3 is 10.4 Å². The molecule has 1 unspecified atom stereocenters. The summed E-state index contributed by atoms with van der Waals surface area (Å²) < 4.78 is 0.707. The summed E-state index contributed by atoms with van der Waals surface area (Å²) in [7, 11) is 0. The Morgan fingerprint density at radius 1 is 1.55 bits per heavy atom. The number of aliphatic hydroxyl groups is 1. The van der Waals surface area contributed by atoms with E-state index in [4.69, 9.17) is 16.7 Å². The maximum Gasteiger partial charge on any atom is 0.270 e. The highest BCUT2D eigenvalue weighted by atomic mass is 35.5. The van der Waals surface area contributed by atoms with Crippen LogP contribution in [-0.4, -0.2) is 28.6 Å². The van der Waals surface area contributed by atoms with Gasteiger partial charge in [0.25, 0.3) is 5.91 Å². The molecule has 0 saturated heterocycles. The molecule has 108 valence electrons. The molecule has 0 saturated carbocycles. The SMILES string of the molecule is CC(CCCO)NC(=O)c1csc(-c2ccc(Cl)s2)n1. The molecule has 2 N–H and O–H groups in total. The zero-order chi connectivity index (χ0) is 14.5. The number of nitrogens with one attached hydrogen (secondary N) is 1. The molecule has 20 heavy (non-hydrogen) atoms. The van der Waals surface area contributed by atoms with Gasteiger partial charge in [-0.05, 0) is 31.9 Å². The second kappa shape index (κ2) is 7.17. The fraction of sp³-hybridized carbons (Fsp3) is 0.385. The fourth-order valence-electron chi connectivity index (χ4n) is 1.69. The van der Waals surface area contributed by atoms with Gasteiger partial charge in [0.05, 0.1) is 9.21 Å². The van der Waals surface area contributed by atoms with Crippen LogP contribution in [0.25, 0.3) is 9.88 Å². The highest BCUT2D eigenvalue weighted by molar-refractivity contribution is 7.23. The van der Waals surface area contributed by atoms with E-state index in [9.17, 15) is 4.79 Å². The van der Waals surface area contributed by atoms with Crippen LogP contribution in [0.3, 0.4) is 0 Å². The minimum Gasteiger partial charge on any atom is -0.396 e. The van der Waals surface area contributed by atoms with Crippen LogP contribution in [-0.2, 0) is 0 Å². The second-order valence-corrected chi connectivity index (χ2v) is 6.96. The van der Waals surface area contributed by atoms with Crippen LogP contribution in [0.15, 0.2) is 17.5 Å². The van der Waals surface area contributed by atoms with Crippen LogP contribution in [0.4, 0.5) is 0 Å². The first-order chi connectivity index (χ1) is 9.60. The van der Waals surface area contributed by atoms with Crippen molar-refractivity contribution in [2.24, 2.45) is 0 Å². The number of carbonyl (C=O) groups excluding carboxylic acids is 1. The molecule has 0 aromatic carbocycles. The van der Waals surface area contributed by atoms with Gasteiger partial charge in [-0.25, -0.2) is 4.98 Å². The van der Waals surface area contributed by atoms with Crippen molar-refractivity contribution in [1.82, 2.24) is 10.3 Å². The summed E-state index contributed by atoms with van der Waals surface area (Å²) in [5, 5.41) is 14.2. The number of nitrogens with zero attached hydrogens (tertiary/aromatic N) is 1. The molecule has 0 spiro atoms. The lowest BCUT2D eigenvalue weighted by molar-refractivity contribution is 0.0932. The van der Waals surface area contributed by atoms with Gasteiger partial charge in [0, 0.05) is 18.0 Å².